The molecular weight excluding hydrogens is 243 g/mol. The summed E-state index contributed by atoms with van der Waals surface area (Å²) in [7, 11) is 0. The topological polar surface area (TPSA) is 46.3 Å². The Morgan fingerprint density at radius 2 is 2.05 bits per heavy atom. The minimum absolute atomic E-state index is 0.130. The third-order valence-corrected chi connectivity index (χ3v) is 3.91. The van der Waals surface area contributed by atoms with Crippen LogP contribution in [0.4, 0.5) is 10.1 Å². The molecule has 19 heavy (non-hydrogen) atoms. The van der Waals surface area contributed by atoms with Crippen LogP contribution in [-0.4, -0.2) is 23.4 Å². The van der Waals surface area contributed by atoms with Gasteiger partial charge in [-0.1, -0.05) is 0 Å². The van der Waals surface area contributed by atoms with Gasteiger partial charge in [0.2, 0.25) is 0 Å². The lowest BCUT2D eigenvalue weighted by atomic mass is 10.1. The van der Waals surface area contributed by atoms with Gasteiger partial charge in [0.1, 0.15) is 5.82 Å². The Hall–Kier alpha value is -1.58. The highest BCUT2D eigenvalue weighted by Gasteiger charge is 2.37. The van der Waals surface area contributed by atoms with Crippen molar-refractivity contribution in [3.63, 3.8) is 0 Å². The number of nitrogen functional groups attached to an aromatic ring is 1. The van der Waals surface area contributed by atoms with E-state index >= 15 is 0 Å². The molecule has 2 N–H and O–H groups in total. The molecule has 1 amide bonds. The number of hydrogen-bond donors (Lipinski definition) is 1. The zero-order valence-electron chi connectivity index (χ0n) is 11.2. The maximum absolute atomic E-state index is 14.1. The van der Waals surface area contributed by atoms with Gasteiger partial charge >= 0.3 is 0 Å². The number of anilines is 1. The Bertz CT molecular complexity index is 521. The molecule has 1 aromatic rings. The number of rotatable bonds is 4. The van der Waals surface area contributed by atoms with Gasteiger partial charge in [-0.15, -0.1) is 0 Å². The highest BCUT2D eigenvalue weighted by atomic mass is 19.1. The van der Waals surface area contributed by atoms with Crippen molar-refractivity contribution in [2.75, 3.05) is 12.3 Å². The van der Waals surface area contributed by atoms with Crippen molar-refractivity contribution in [2.24, 2.45) is 5.92 Å². The van der Waals surface area contributed by atoms with Crippen molar-refractivity contribution in [1.82, 2.24) is 4.90 Å². The van der Waals surface area contributed by atoms with Crippen molar-refractivity contribution in [2.45, 2.75) is 38.6 Å². The Balaban J connectivity index is 1.88. The van der Waals surface area contributed by atoms with E-state index in [2.05, 4.69) is 0 Å². The number of hydrogen-bond acceptors (Lipinski definition) is 2. The van der Waals surface area contributed by atoms with Crippen LogP contribution in [-0.2, 0) is 0 Å². The second-order valence-electron chi connectivity index (χ2n) is 5.83. The zero-order valence-corrected chi connectivity index (χ0v) is 11.2. The van der Waals surface area contributed by atoms with Gasteiger partial charge in [-0.25, -0.2) is 4.39 Å². The fourth-order valence-corrected chi connectivity index (χ4v) is 2.47. The van der Waals surface area contributed by atoms with E-state index in [0.29, 0.717) is 23.2 Å². The smallest absolute Gasteiger partial charge is 0.257 e. The van der Waals surface area contributed by atoms with Crippen LogP contribution in [0.3, 0.4) is 0 Å². The molecule has 0 atom stereocenters. The van der Waals surface area contributed by atoms with Crippen LogP contribution < -0.4 is 5.73 Å². The summed E-state index contributed by atoms with van der Waals surface area (Å²) < 4.78 is 14.1. The molecule has 0 aliphatic heterocycles. The number of halogens is 1. The number of carbonyl (C=O) groups excluding carboxylic acids is 1. The van der Waals surface area contributed by atoms with Gasteiger partial charge in [0.25, 0.3) is 5.91 Å². The molecule has 0 heterocycles. The zero-order chi connectivity index (χ0) is 13.6. The quantitative estimate of drug-likeness (QED) is 0.848. The van der Waals surface area contributed by atoms with Crippen molar-refractivity contribution in [3.8, 4) is 0 Å². The van der Waals surface area contributed by atoms with E-state index in [4.69, 9.17) is 5.73 Å². The molecule has 0 aromatic heterocycles. The largest absolute Gasteiger partial charge is 0.399 e. The molecule has 3 rings (SSSR count). The maximum atomic E-state index is 14.1. The summed E-state index contributed by atoms with van der Waals surface area (Å²) >= 11 is 0. The summed E-state index contributed by atoms with van der Waals surface area (Å²) in [6, 6.07) is 3.34. The Kier molecular flexibility index (Phi) is 2.96. The van der Waals surface area contributed by atoms with Gasteiger partial charge in [0.15, 0.2) is 0 Å². The Morgan fingerprint density at radius 1 is 1.37 bits per heavy atom. The average molecular weight is 262 g/mol. The second-order valence-corrected chi connectivity index (χ2v) is 5.83. The number of aryl methyl sites for hydroxylation is 1. The molecule has 0 unspecified atom stereocenters. The second kappa shape index (κ2) is 4.51. The molecule has 2 saturated carbocycles. The predicted molar refractivity (Wildman–Crippen MR) is 72.3 cm³/mol. The summed E-state index contributed by atoms with van der Waals surface area (Å²) in [5.74, 6) is -0.00212. The van der Waals surface area contributed by atoms with Crippen LogP contribution in [0, 0.1) is 18.7 Å². The normalized spacial score (nSPS) is 18.4. The van der Waals surface area contributed by atoms with Crippen LogP contribution in [0.15, 0.2) is 12.1 Å². The van der Waals surface area contributed by atoms with Crippen molar-refractivity contribution < 1.29 is 9.18 Å². The molecule has 0 spiro atoms. The maximum Gasteiger partial charge on any atom is 0.257 e. The van der Waals surface area contributed by atoms with Crippen LogP contribution in [0.2, 0.25) is 0 Å². The molecule has 0 radical (unpaired) electrons. The SMILES string of the molecule is Cc1cc(N)cc(C(=O)N(CC2CC2)C2CC2)c1F. The molecule has 2 aliphatic carbocycles. The predicted octanol–water partition coefficient (Wildman–Crippen LogP) is 2.73. The first-order valence-electron chi connectivity index (χ1n) is 6.93. The fourth-order valence-electron chi connectivity index (χ4n) is 2.47. The van der Waals surface area contributed by atoms with E-state index in [1.165, 1.54) is 18.9 Å². The molecule has 1 aromatic carbocycles. The van der Waals surface area contributed by atoms with Gasteiger partial charge in [-0.3, -0.25) is 4.79 Å². The molecule has 102 valence electrons. The van der Waals surface area contributed by atoms with E-state index in [-0.39, 0.29) is 11.5 Å². The first kappa shape index (κ1) is 12.5. The highest BCUT2D eigenvalue weighted by Crippen LogP contribution is 2.36. The number of carbonyl (C=O) groups is 1. The van der Waals surface area contributed by atoms with Crippen molar-refractivity contribution >= 4 is 11.6 Å². The third-order valence-electron chi connectivity index (χ3n) is 3.91. The average Bonchev–Trinajstić information content (AvgIpc) is 3.23. The summed E-state index contributed by atoms with van der Waals surface area (Å²) in [4.78, 5) is 14.4. The van der Waals surface area contributed by atoms with E-state index < -0.39 is 5.82 Å². The monoisotopic (exact) mass is 262 g/mol. The van der Waals surface area contributed by atoms with Crippen LogP contribution in [0.5, 0.6) is 0 Å². The molecule has 3 nitrogen and oxygen atoms in total. The minimum atomic E-state index is -0.430. The number of nitrogens with zero attached hydrogens (tertiary/aromatic N) is 1. The van der Waals surface area contributed by atoms with Crippen LogP contribution in [0.25, 0.3) is 0 Å². The standard InChI is InChI=1S/C15H19FN2O/c1-9-6-11(17)7-13(14(9)16)15(19)18(12-4-5-12)8-10-2-3-10/h6-7,10,12H,2-5,8,17H2,1H3. The van der Waals surface area contributed by atoms with E-state index in [9.17, 15) is 9.18 Å². The van der Waals surface area contributed by atoms with Gasteiger partial charge in [0, 0.05) is 18.3 Å². The van der Waals surface area contributed by atoms with Crippen molar-refractivity contribution in [1.29, 1.82) is 0 Å². The molecule has 4 heteroatoms. The minimum Gasteiger partial charge on any atom is -0.399 e. The summed E-state index contributed by atoms with van der Waals surface area (Å²) in [6.07, 6.45) is 4.46. The van der Waals surface area contributed by atoms with Crippen LogP contribution in [0.1, 0.15) is 41.6 Å². The van der Waals surface area contributed by atoms with Crippen molar-refractivity contribution in [3.05, 3.63) is 29.1 Å². The molecule has 2 aliphatic rings. The Labute approximate surface area is 112 Å². The summed E-state index contributed by atoms with van der Waals surface area (Å²) in [5.41, 5.74) is 6.75. The number of nitrogens with two attached hydrogens (primary N) is 1. The summed E-state index contributed by atoms with van der Waals surface area (Å²) in [6.45, 7) is 2.42. The first-order chi connectivity index (χ1) is 9.06. The van der Waals surface area contributed by atoms with Gasteiger partial charge in [0.05, 0.1) is 5.56 Å². The van der Waals surface area contributed by atoms with Gasteiger partial charge in [-0.05, 0) is 56.2 Å². The number of amides is 1. The Morgan fingerprint density at radius 3 is 2.63 bits per heavy atom. The first-order valence-corrected chi connectivity index (χ1v) is 6.93. The molecule has 0 bridgehead atoms. The number of benzene rings is 1. The van der Waals surface area contributed by atoms with E-state index in [1.807, 2.05) is 4.90 Å². The third kappa shape index (κ3) is 2.57. The van der Waals surface area contributed by atoms with Crippen LogP contribution >= 0.6 is 0 Å². The lowest BCUT2D eigenvalue weighted by molar-refractivity contribution is 0.0730. The lowest BCUT2D eigenvalue weighted by Gasteiger charge is -2.23. The van der Waals surface area contributed by atoms with E-state index in [0.717, 1.165) is 19.4 Å². The van der Waals surface area contributed by atoms with Gasteiger partial charge in [-0.2, -0.15) is 0 Å². The lowest BCUT2D eigenvalue weighted by Crippen LogP contribution is -2.35. The molecular formula is C15H19FN2O. The highest BCUT2D eigenvalue weighted by molar-refractivity contribution is 5.96. The fraction of sp³-hybridized carbons (Fsp3) is 0.533. The molecule has 0 saturated heterocycles. The molecule has 2 fully saturated rings. The van der Waals surface area contributed by atoms with Gasteiger partial charge < -0.3 is 10.6 Å². The summed E-state index contributed by atoms with van der Waals surface area (Å²) in [5, 5.41) is 0. The van der Waals surface area contributed by atoms with E-state index in [1.54, 1.807) is 13.0 Å².